The zero-order chi connectivity index (χ0) is 19.1. The topological polar surface area (TPSA) is 56.8 Å². The molecule has 1 N–H and O–H groups in total. The number of carbonyl (C=O) groups excluding carboxylic acids is 1. The van der Waals surface area contributed by atoms with E-state index in [1.807, 2.05) is 56.3 Å². The van der Waals surface area contributed by atoms with Crippen molar-refractivity contribution in [2.24, 2.45) is 0 Å². The van der Waals surface area contributed by atoms with Crippen molar-refractivity contribution in [3.63, 3.8) is 0 Å². The summed E-state index contributed by atoms with van der Waals surface area (Å²) < 4.78 is 16.4. The van der Waals surface area contributed by atoms with Crippen LogP contribution in [-0.2, 0) is 4.79 Å². The second kappa shape index (κ2) is 9.13. The van der Waals surface area contributed by atoms with Crippen LogP contribution in [0.5, 0.6) is 17.2 Å². The molecule has 0 aromatic heterocycles. The van der Waals surface area contributed by atoms with Gasteiger partial charge in [-0.2, -0.15) is 0 Å². The molecule has 2 aromatic carbocycles. The maximum Gasteiger partial charge on any atom is 0.261 e. The molecule has 0 spiro atoms. The monoisotopic (exact) mass is 357 g/mol. The Hall–Kier alpha value is -2.69. The van der Waals surface area contributed by atoms with E-state index in [-0.39, 0.29) is 11.9 Å². The number of nitrogens with one attached hydrogen (secondary N) is 1. The molecule has 140 valence electrons. The predicted molar refractivity (Wildman–Crippen MR) is 102 cm³/mol. The lowest BCUT2D eigenvalue weighted by Gasteiger charge is -2.22. The van der Waals surface area contributed by atoms with E-state index in [1.54, 1.807) is 21.1 Å². The minimum absolute atomic E-state index is 0.133. The van der Waals surface area contributed by atoms with E-state index >= 15 is 0 Å². The minimum atomic E-state index is -0.591. The van der Waals surface area contributed by atoms with Crippen molar-refractivity contribution in [2.45, 2.75) is 39.3 Å². The van der Waals surface area contributed by atoms with E-state index in [0.717, 1.165) is 17.5 Å². The fourth-order valence-corrected chi connectivity index (χ4v) is 2.65. The average Bonchev–Trinajstić information content (AvgIpc) is 2.67. The SMILES string of the molecule is CCC(NC(=O)C(C)Oc1ccc(C)cc1)c1ccc(OC)c(OC)c1. The highest BCUT2D eigenvalue weighted by Gasteiger charge is 2.20. The van der Waals surface area contributed by atoms with Crippen LogP contribution in [-0.4, -0.2) is 26.2 Å². The number of hydrogen-bond acceptors (Lipinski definition) is 4. The standard InChI is InChI=1S/C21H27NO4/c1-6-18(16-9-12-19(24-4)20(13-16)25-5)22-21(23)15(3)26-17-10-7-14(2)8-11-17/h7-13,15,18H,6H2,1-5H3,(H,22,23). The largest absolute Gasteiger partial charge is 0.493 e. The van der Waals surface area contributed by atoms with Gasteiger partial charge in [0, 0.05) is 0 Å². The number of carbonyl (C=O) groups is 1. The molecule has 5 heteroatoms. The summed E-state index contributed by atoms with van der Waals surface area (Å²) in [6.45, 7) is 5.78. The van der Waals surface area contributed by atoms with Gasteiger partial charge in [0.1, 0.15) is 5.75 Å². The summed E-state index contributed by atoms with van der Waals surface area (Å²) in [5, 5.41) is 3.04. The molecule has 0 radical (unpaired) electrons. The second-order valence-corrected chi connectivity index (χ2v) is 6.16. The van der Waals surface area contributed by atoms with E-state index < -0.39 is 6.10 Å². The number of methoxy groups -OCH3 is 2. The fourth-order valence-electron chi connectivity index (χ4n) is 2.65. The third kappa shape index (κ3) is 4.91. The summed E-state index contributed by atoms with van der Waals surface area (Å²) >= 11 is 0. The van der Waals surface area contributed by atoms with E-state index in [1.165, 1.54) is 0 Å². The molecule has 0 saturated heterocycles. The van der Waals surface area contributed by atoms with Gasteiger partial charge in [0.25, 0.3) is 5.91 Å². The molecule has 2 aromatic rings. The van der Waals surface area contributed by atoms with Gasteiger partial charge < -0.3 is 19.5 Å². The fraction of sp³-hybridized carbons (Fsp3) is 0.381. The molecule has 0 heterocycles. The number of amides is 1. The molecule has 0 fully saturated rings. The molecule has 1 amide bonds. The summed E-state index contributed by atoms with van der Waals surface area (Å²) in [5.41, 5.74) is 2.11. The first-order chi connectivity index (χ1) is 12.5. The van der Waals surface area contributed by atoms with Crippen LogP contribution in [0.4, 0.5) is 0 Å². The smallest absolute Gasteiger partial charge is 0.261 e. The lowest BCUT2D eigenvalue weighted by molar-refractivity contribution is -0.128. The average molecular weight is 357 g/mol. The highest BCUT2D eigenvalue weighted by atomic mass is 16.5. The van der Waals surface area contributed by atoms with Crippen molar-refractivity contribution in [1.29, 1.82) is 0 Å². The van der Waals surface area contributed by atoms with Crippen LogP contribution in [0.25, 0.3) is 0 Å². The summed E-state index contributed by atoms with van der Waals surface area (Å²) in [4.78, 5) is 12.5. The van der Waals surface area contributed by atoms with Crippen LogP contribution in [0.2, 0.25) is 0 Å². The maximum atomic E-state index is 12.5. The zero-order valence-corrected chi connectivity index (χ0v) is 16.0. The van der Waals surface area contributed by atoms with Gasteiger partial charge in [-0.3, -0.25) is 4.79 Å². The minimum Gasteiger partial charge on any atom is -0.493 e. The Bertz CT molecular complexity index is 727. The Kier molecular flexibility index (Phi) is 6.89. The third-order valence-corrected chi connectivity index (χ3v) is 4.24. The van der Waals surface area contributed by atoms with Crippen molar-refractivity contribution in [2.75, 3.05) is 14.2 Å². The number of aryl methyl sites for hydroxylation is 1. The summed E-state index contributed by atoms with van der Waals surface area (Å²) in [6, 6.07) is 13.2. The van der Waals surface area contributed by atoms with E-state index in [0.29, 0.717) is 17.2 Å². The first-order valence-electron chi connectivity index (χ1n) is 8.74. The molecule has 2 unspecified atom stereocenters. The van der Waals surface area contributed by atoms with Crippen LogP contribution < -0.4 is 19.5 Å². The Morgan fingerprint density at radius 1 is 1.04 bits per heavy atom. The molecule has 0 aliphatic carbocycles. The van der Waals surface area contributed by atoms with Crippen molar-refractivity contribution >= 4 is 5.91 Å². The molecule has 0 aliphatic heterocycles. The van der Waals surface area contributed by atoms with Crippen LogP contribution in [0.3, 0.4) is 0 Å². The van der Waals surface area contributed by atoms with Crippen LogP contribution in [0.1, 0.15) is 37.4 Å². The van der Waals surface area contributed by atoms with Gasteiger partial charge in [-0.05, 0) is 50.1 Å². The summed E-state index contributed by atoms with van der Waals surface area (Å²) in [5.74, 6) is 1.82. The van der Waals surface area contributed by atoms with Gasteiger partial charge in [-0.15, -0.1) is 0 Å². The molecular formula is C21H27NO4. The summed E-state index contributed by atoms with van der Waals surface area (Å²) in [7, 11) is 3.19. The Morgan fingerprint density at radius 2 is 1.69 bits per heavy atom. The first kappa shape index (κ1) is 19.6. The molecule has 0 bridgehead atoms. The van der Waals surface area contributed by atoms with E-state index in [4.69, 9.17) is 14.2 Å². The quantitative estimate of drug-likeness (QED) is 0.774. The molecule has 2 atom stereocenters. The zero-order valence-electron chi connectivity index (χ0n) is 16.0. The normalized spacial score (nSPS) is 12.8. The number of rotatable bonds is 8. The van der Waals surface area contributed by atoms with Gasteiger partial charge in [-0.25, -0.2) is 0 Å². The molecular weight excluding hydrogens is 330 g/mol. The second-order valence-electron chi connectivity index (χ2n) is 6.16. The van der Waals surface area contributed by atoms with Gasteiger partial charge >= 0.3 is 0 Å². The lowest BCUT2D eigenvalue weighted by atomic mass is 10.0. The molecule has 0 aliphatic rings. The Morgan fingerprint density at radius 3 is 2.27 bits per heavy atom. The Balaban J connectivity index is 2.06. The molecule has 2 rings (SSSR count). The maximum absolute atomic E-state index is 12.5. The van der Waals surface area contributed by atoms with Crippen LogP contribution >= 0.6 is 0 Å². The van der Waals surface area contributed by atoms with E-state index in [2.05, 4.69) is 5.32 Å². The number of hydrogen-bond donors (Lipinski definition) is 1. The van der Waals surface area contributed by atoms with Gasteiger partial charge in [0.15, 0.2) is 17.6 Å². The highest BCUT2D eigenvalue weighted by molar-refractivity contribution is 5.81. The van der Waals surface area contributed by atoms with Crippen molar-refractivity contribution < 1.29 is 19.0 Å². The van der Waals surface area contributed by atoms with Gasteiger partial charge in [-0.1, -0.05) is 30.7 Å². The van der Waals surface area contributed by atoms with Crippen LogP contribution in [0.15, 0.2) is 42.5 Å². The Labute approximate surface area is 155 Å². The first-order valence-corrected chi connectivity index (χ1v) is 8.74. The highest BCUT2D eigenvalue weighted by Crippen LogP contribution is 2.31. The van der Waals surface area contributed by atoms with Crippen molar-refractivity contribution in [1.82, 2.24) is 5.32 Å². The molecule has 5 nitrogen and oxygen atoms in total. The third-order valence-electron chi connectivity index (χ3n) is 4.24. The predicted octanol–water partition coefficient (Wildman–Crippen LogP) is 4.05. The number of ether oxygens (including phenoxy) is 3. The van der Waals surface area contributed by atoms with Crippen molar-refractivity contribution in [3.05, 3.63) is 53.6 Å². The van der Waals surface area contributed by atoms with E-state index in [9.17, 15) is 4.79 Å². The van der Waals surface area contributed by atoms with Gasteiger partial charge in [0.2, 0.25) is 0 Å². The van der Waals surface area contributed by atoms with Crippen LogP contribution in [0, 0.1) is 6.92 Å². The summed E-state index contributed by atoms with van der Waals surface area (Å²) in [6.07, 6.45) is 0.158. The van der Waals surface area contributed by atoms with Crippen molar-refractivity contribution in [3.8, 4) is 17.2 Å². The van der Waals surface area contributed by atoms with Gasteiger partial charge in [0.05, 0.1) is 20.3 Å². The lowest BCUT2D eigenvalue weighted by Crippen LogP contribution is -2.38. The molecule has 26 heavy (non-hydrogen) atoms. The number of benzene rings is 2. The molecule has 0 saturated carbocycles.